The molecule has 0 radical (unpaired) electrons. The fourth-order valence-electron chi connectivity index (χ4n) is 3.06. The van der Waals surface area contributed by atoms with Gasteiger partial charge in [-0.25, -0.2) is 0 Å². The molecule has 0 saturated carbocycles. The van der Waals surface area contributed by atoms with Crippen LogP contribution >= 0.6 is 0 Å². The molecule has 0 amide bonds. The first-order chi connectivity index (χ1) is 9.31. The summed E-state index contributed by atoms with van der Waals surface area (Å²) in [4.78, 5) is 3.55. The summed E-state index contributed by atoms with van der Waals surface area (Å²) in [6.45, 7) is 0. The van der Waals surface area contributed by atoms with E-state index in [0.29, 0.717) is 5.82 Å². The standard InChI is InChI=1S/C15H16N4/c16-15-8-14(18-19-15)9-5-6-13-11(7-9)10-3-1-2-4-12(10)17-13/h5-8,17H,1-4H2,(H3,16,18,19). The number of H-pyrrole nitrogens is 2. The highest BCUT2D eigenvalue weighted by Crippen LogP contribution is 2.32. The number of anilines is 1. The minimum absolute atomic E-state index is 0.534. The predicted molar refractivity (Wildman–Crippen MR) is 76.9 cm³/mol. The Hall–Kier alpha value is -2.23. The van der Waals surface area contributed by atoms with Crippen molar-refractivity contribution < 1.29 is 0 Å². The molecule has 0 bridgehead atoms. The third kappa shape index (κ3) is 1.63. The fraction of sp³-hybridized carbons (Fsp3) is 0.267. The number of aryl methyl sites for hydroxylation is 2. The summed E-state index contributed by atoms with van der Waals surface area (Å²) in [7, 11) is 0. The number of aromatic nitrogens is 3. The first kappa shape index (κ1) is 10.7. The molecule has 2 aromatic heterocycles. The molecule has 1 aliphatic carbocycles. The van der Waals surface area contributed by atoms with Crippen LogP contribution in [0.15, 0.2) is 24.3 Å². The third-order valence-corrected chi connectivity index (χ3v) is 4.01. The number of benzene rings is 1. The van der Waals surface area contributed by atoms with Gasteiger partial charge in [0.05, 0.1) is 5.69 Å². The summed E-state index contributed by atoms with van der Waals surface area (Å²) in [5.74, 6) is 0.534. The van der Waals surface area contributed by atoms with Crippen molar-refractivity contribution in [3.63, 3.8) is 0 Å². The second-order valence-electron chi connectivity index (χ2n) is 5.26. The van der Waals surface area contributed by atoms with Crippen LogP contribution in [0.5, 0.6) is 0 Å². The number of hydrogen-bond donors (Lipinski definition) is 3. The molecule has 4 rings (SSSR count). The van der Waals surface area contributed by atoms with Gasteiger partial charge in [-0.15, -0.1) is 0 Å². The quantitative estimate of drug-likeness (QED) is 0.623. The maximum atomic E-state index is 5.67. The van der Waals surface area contributed by atoms with E-state index in [1.165, 1.54) is 47.8 Å². The SMILES string of the molecule is Nc1cc(-c2ccc3[nH]c4c(c3c2)CCCC4)[nH]n1. The van der Waals surface area contributed by atoms with E-state index in [9.17, 15) is 0 Å². The Balaban J connectivity index is 1.90. The van der Waals surface area contributed by atoms with E-state index >= 15 is 0 Å². The molecular weight excluding hydrogens is 236 g/mol. The van der Waals surface area contributed by atoms with Gasteiger partial charge in [0, 0.05) is 28.2 Å². The molecule has 1 aromatic carbocycles. The summed E-state index contributed by atoms with van der Waals surface area (Å²) >= 11 is 0. The first-order valence-electron chi connectivity index (χ1n) is 6.76. The van der Waals surface area contributed by atoms with E-state index in [0.717, 1.165) is 11.3 Å². The van der Waals surface area contributed by atoms with E-state index in [1.807, 2.05) is 6.07 Å². The van der Waals surface area contributed by atoms with E-state index in [1.54, 1.807) is 0 Å². The lowest BCUT2D eigenvalue weighted by Gasteiger charge is -2.10. The normalized spacial score (nSPS) is 14.7. The van der Waals surface area contributed by atoms with Crippen LogP contribution in [0, 0.1) is 0 Å². The van der Waals surface area contributed by atoms with Crippen molar-refractivity contribution in [1.82, 2.24) is 15.2 Å². The molecule has 0 saturated heterocycles. The molecule has 3 aromatic rings. The van der Waals surface area contributed by atoms with Crippen molar-refractivity contribution in [3.05, 3.63) is 35.5 Å². The van der Waals surface area contributed by atoms with Crippen LogP contribution in [-0.4, -0.2) is 15.2 Å². The van der Waals surface area contributed by atoms with Gasteiger partial charge in [0.2, 0.25) is 0 Å². The highest BCUT2D eigenvalue weighted by molar-refractivity contribution is 5.89. The van der Waals surface area contributed by atoms with E-state index in [-0.39, 0.29) is 0 Å². The average molecular weight is 252 g/mol. The summed E-state index contributed by atoms with van der Waals surface area (Å²) in [5, 5.41) is 8.31. The molecule has 0 fully saturated rings. The Morgan fingerprint density at radius 3 is 2.84 bits per heavy atom. The zero-order valence-corrected chi connectivity index (χ0v) is 10.7. The number of nitrogens with zero attached hydrogens (tertiary/aromatic N) is 1. The van der Waals surface area contributed by atoms with Gasteiger partial charge in [-0.2, -0.15) is 5.10 Å². The molecule has 4 N–H and O–H groups in total. The molecule has 0 aliphatic heterocycles. The van der Waals surface area contributed by atoms with Crippen LogP contribution in [0.2, 0.25) is 0 Å². The maximum Gasteiger partial charge on any atom is 0.145 e. The summed E-state index contributed by atoms with van der Waals surface area (Å²) in [6.07, 6.45) is 4.95. The molecule has 0 unspecified atom stereocenters. The van der Waals surface area contributed by atoms with Crippen molar-refractivity contribution >= 4 is 16.7 Å². The molecule has 96 valence electrons. The molecule has 1 aliphatic rings. The van der Waals surface area contributed by atoms with Crippen LogP contribution in [0.4, 0.5) is 5.82 Å². The highest BCUT2D eigenvalue weighted by Gasteiger charge is 2.15. The lowest BCUT2D eigenvalue weighted by Crippen LogP contribution is -1.99. The minimum atomic E-state index is 0.534. The van der Waals surface area contributed by atoms with Crippen LogP contribution in [0.25, 0.3) is 22.2 Å². The molecular formula is C15H16N4. The van der Waals surface area contributed by atoms with Crippen LogP contribution in [-0.2, 0) is 12.8 Å². The highest BCUT2D eigenvalue weighted by atomic mass is 15.2. The topological polar surface area (TPSA) is 70.5 Å². The van der Waals surface area contributed by atoms with Gasteiger partial charge in [-0.05, 0) is 43.4 Å². The van der Waals surface area contributed by atoms with Crippen molar-refractivity contribution in [2.24, 2.45) is 0 Å². The Morgan fingerprint density at radius 2 is 2.00 bits per heavy atom. The summed E-state index contributed by atoms with van der Waals surface area (Å²) in [6, 6.07) is 8.38. The second-order valence-corrected chi connectivity index (χ2v) is 5.26. The van der Waals surface area contributed by atoms with Gasteiger partial charge in [-0.3, -0.25) is 5.10 Å². The minimum Gasteiger partial charge on any atom is -0.382 e. The smallest absolute Gasteiger partial charge is 0.145 e. The number of fused-ring (bicyclic) bond motifs is 3. The third-order valence-electron chi connectivity index (χ3n) is 4.01. The van der Waals surface area contributed by atoms with E-state index in [2.05, 4.69) is 33.4 Å². The van der Waals surface area contributed by atoms with Gasteiger partial charge in [-0.1, -0.05) is 6.07 Å². The number of hydrogen-bond acceptors (Lipinski definition) is 2. The predicted octanol–water partition coefficient (Wildman–Crippen LogP) is 3.02. The molecule has 0 atom stereocenters. The Kier molecular flexibility index (Phi) is 2.18. The largest absolute Gasteiger partial charge is 0.382 e. The summed E-state index contributed by atoms with van der Waals surface area (Å²) < 4.78 is 0. The van der Waals surface area contributed by atoms with Crippen molar-refractivity contribution in [3.8, 4) is 11.3 Å². The zero-order chi connectivity index (χ0) is 12.8. The van der Waals surface area contributed by atoms with Gasteiger partial charge in [0.25, 0.3) is 0 Å². The van der Waals surface area contributed by atoms with Crippen LogP contribution < -0.4 is 5.73 Å². The maximum absolute atomic E-state index is 5.67. The van der Waals surface area contributed by atoms with E-state index in [4.69, 9.17) is 5.73 Å². The fourth-order valence-corrected chi connectivity index (χ4v) is 3.06. The number of nitrogens with two attached hydrogens (primary N) is 1. The van der Waals surface area contributed by atoms with Gasteiger partial charge in [0.15, 0.2) is 0 Å². The van der Waals surface area contributed by atoms with Crippen LogP contribution in [0.3, 0.4) is 0 Å². The molecule has 4 heteroatoms. The second kappa shape index (κ2) is 3.88. The van der Waals surface area contributed by atoms with Crippen molar-refractivity contribution in [1.29, 1.82) is 0 Å². The Labute approximate surface area is 111 Å². The van der Waals surface area contributed by atoms with Crippen molar-refractivity contribution in [2.45, 2.75) is 25.7 Å². The monoisotopic (exact) mass is 252 g/mol. The first-order valence-corrected chi connectivity index (χ1v) is 6.76. The molecule has 2 heterocycles. The molecule has 0 spiro atoms. The Morgan fingerprint density at radius 1 is 1.11 bits per heavy atom. The van der Waals surface area contributed by atoms with Gasteiger partial charge < -0.3 is 10.7 Å². The van der Waals surface area contributed by atoms with E-state index < -0.39 is 0 Å². The summed E-state index contributed by atoms with van der Waals surface area (Å²) in [5.41, 5.74) is 11.9. The lowest BCUT2D eigenvalue weighted by molar-refractivity contribution is 0.680. The van der Waals surface area contributed by atoms with Crippen molar-refractivity contribution in [2.75, 3.05) is 5.73 Å². The van der Waals surface area contributed by atoms with Gasteiger partial charge in [0.1, 0.15) is 5.82 Å². The van der Waals surface area contributed by atoms with Gasteiger partial charge >= 0.3 is 0 Å². The number of aromatic amines is 2. The molecule has 19 heavy (non-hydrogen) atoms. The lowest BCUT2D eigenvalue weighted by atomic mass is 9.95. The Bertz CT molecular complexity index is 751. The number of nitrogens with one attached hydrogen (secondary N) is 2. The average Bonchev–Trinajstić information content (AvgIpc) is 3.01. The number of rotatable bonds is 1. The van der Waals surface area contributed by atoms with Crippen LogP contribution in [0.1, 0.15) is 24.1 Å². The number of nitrogen functional groups attached to an aromatic ring is 1. The molecule has 4 nitrogen and oxygen atoms in total. The zero-order valence-electron chi connectivity index (χ0n) is 10.7.